The van der Waals surface area contributed by atoms with Crippen molar-refractivity contribution in [2.75, 3.05) is 12.4 Å². The standard InChI is InChI=1S/C24H23N7O3S/c1-14-12-15(2)27-24(26-14)35-13-20-21(23(33)28-17-6-4-16(5-7-17)22(25)32)29-30-31(20)18-8-10-19(34-3)11-9-18/h4-12H,13H2,1-3H3,(H2,25,32)(H,28,33). The van der Waals surface area contributed by atoms with E-state index in [0.717, 1.165) is 17.1 Å². The molecule has 0 atom stereocenters. The molecule has 2 heterocycles. The Labute approximate surface area is 205 Å². The number of methoxy groups -OCH3 is 1. The lowest BCUT2D eigenvalue weighted by atomic mass is 10.2. The molecule has 0 unspecified atom stereocenters. The number of aromatic nitrogens is 5. The third kappa shape index (κ3) is 5.64. The van der Waals surface area contributed by atoms with E-state index >= 15 is 0 Å². The summed E-state index contributed by atoms with van der Waals surface area (Å²) in [5.74, 6) is 0.0724. The second-order valence-electron chi connectivity index (χ2n) is 7.61. The monoisotopic (exact) mass is 489 g/mol. The molecule has 0 spiro atoms. The molecule has 4 aromatic rings. The molecule has 4 rings (SSSR count). The number of anilines is 1. The highest BCUT2D eigenvalue weighted by Crippen LogP contribution is 2.25. The third-order valence-corrected chi connectivity index (χ3v) is 5.88. The van der Waals surface area contributed by atoms with Gasteiger partial charge in [0, 0.05) is 28.4 Å². The van der Waals surface area contributed by atoms with Crippen LogP contribution in [-0.2, 0) is 5.75 Å². The number of carbonyl (C=O) groups is 2. The lowest BCUT2D eigenvalue weighted by Crippen LogP contribution is -2.16. The maximum atomic E-state index is 13.1. The van der Waals surface area contributed by atoms with Crippen molar-refractivity contribution in [2.45, 2.75) is 24.8 Å². The van der Waals surface area contributed by atoms with Gasteiger partial charge in [-0.15, -0.1) is 5.10 Å². The fourth-order valence-corrected chi connectivity index (χ4v) is 4.28. The van der Waals surface area contributed by atoms with Crippen molar-refractivity contribution in [3.63, 3.8) is 0 Å². The number of nitrogens with two attached hydrogens (primary N) is 1. The lowest BCUT2D eigenvalue weighted by Gasteiger charge is -2.10. The summed E-state index contributed by atoms with van der Waals surface area (Å²) in [6, 6.07) is 15.5. The van der Waals surface area contributed by atoms with Crippen LogP contribution in [0.3, 0.4) is 0 Å². The Balaban J connectivity index is 1.65. The smallest absolute Gasteiger partial charge is 0.278 e. The average Bonchev–Trinajstić information content (AvgIpc) is 3.26. The van der Waals surface area contributed by atoms with Gasteiger partial charge in [0.1, 0.15) is 5.75 Å². The Morgan fingerprint density at radius 2 is 1.69 bits per heavy atom. The van der Waals surface area contributed by atoms with Crippen molar-refractivity contribution >= 4 is 29.3 Å². The first-order chi connectivity index (χ1) is 16.8. The van der Waals surface area contributed by atoms with Gasteiger partial charge in [-0.05, 0) is 68.4 Å². The van der Waals surface area contributed by atoms with Gasteiger partial charge in [0.2, 0.25) is 5.91 Å². The minimum absolute atomic E-state index is 0.164. The van der Waals surface area contributed by atoms with Crippen molar-refractivity contribution in [3.05, 3.63) is 82.9 Å². The molecule has 10 nitrogen and oxygen atoms in total. The van der Waals surface area contributed by atoms with E-state index in [4.69, 9.17) is 10.5 Å². The fraction of sp³-hybridized carbons (Fsp3) is 0.167. The summed E-state index contributed by atoms with van der Waals surface area (Å²) in [5.41, 5.74) is 9.31. The number of amides is 2. The van der Waals surface area contributed by atoms with Crippen molar-refractivity contribution < 1.29 is 14.3 Å². The zero-order valence-electron chi connectivity index (χ0n) is 19.3. The molecule has 0 fully saturated rings. The molecule has 0 aliphatic carbocycles. The molecule has 35 heavy (non-hydrogen) atoms. The molecule has 0 aliphatic heterocycles. The summed E-state index contributed by atoms with van der Waals surface area (Å²) < 4.78 is 6.85. The van der Waals surface area contributed by atoms with Gasteiger partial charge in [0.05, 0.1) is 18.5 Å². The molecule has 0 bridgehead atoms. The topological polar surface area (TPSA) is 138 Å². The van der Waals surface area contributed by atoms with Crippen LogP contribution < -0.4 is 15.8 Å². The van der Waals surface area contributed by atoms with Crippen LogP contribution in [-0.4, -0.2) is 43.9 Å². The highest BCUT2D eigenvalue weighted by Gasteiger charge is 2.22. The molecule has 2 aromatic heterocycles. The van der Waals surface area contributed by atoms with Crippen LogP contribution in [0.25, 0.3) is 5.69 Å². The number of primary amides is 1. The number of nitrogens with zero attached hydrogens (tertiary/aromatic N) is 5. The number of rotatable bonds is 8. The van der Waals surface area contributed by atoms with E-state index < -0.39 is 11.8 Å². The molecular formula is C24H23N7O3S. The van der Waals surface area contributed by atoms with Gasteiger partial charge in [-0.2, -0.15) is 0 Å². The Bertz CT molecular complexity index is 1350. The lowest BCUT2D eigenvalue weighted by molar-refractivity contribution is 0.0997. The molecular weight excluding hydrogens is 466 g/mol. The number of thioether (sulfide) groups is 1. The van der Waals surface area contributed by atoms with Gasteiger partial charge in [0.15, 0.2) is 10.9 Å². The van der Waals surface area contributed by atoms with E-state index in [2.05, 4.69) is 25.6 Å². The SMILES string of the molecule is COc1ccc(-n2nnc(C(=O)Nc3ccc(C(N)=O)cc3)c2CSc2nc(C)cc(C)n2)cc1. The number of nitrogens with one attached hydrogen (secondary N) is 1. The number of hydrogen-bond acceptors (Lipinski definition) is 8. The molecule has 0 radical (unpaired) electrons. The summed E-state index contributed by atoms with van der Waals surface area (Å²) >= 11 is 1.39. The van der Waals surface area contributed by atoms with Gasteiger partial charge >= 0.3 is 0 Å². The molecule has 11 heteroatoms. The van der Waals surface area contributed by atoms with Crippen molar-refractivity contribution in [1.82, 2.24) is 25.0 Å². The zero-order chi connectivity index (χ0) is 24.9. The normalized spacial score (nSPS) is 10.7. The molecule has 2 amide bonds. The van der Waals surface area contributed by atoms with E-state index in [9.17, 15) is 9.59 Å². The molecule has 178 valence electrons. The Morgan fingerprint density at radius 1 is 1.03 bits per heavy atom. The predicted octanol–water partition coefficient (Wildman–Crippen LogP) is 3.33. The van der Waals surface area contributed by atoms with Crippen LogP contribution in [0.2, 0.25) is 0 Å². The van der Waals surface area contributed by atoms with E-state index in [1.165, 1.54) is 11.8 Å². The third-order valence-electron chi connectivity index (χ3n) is 5.02. The minimum atomic E-state index is -0.543. The Hall–Kier alpha value is -4.25. The van der Waals surface area contributed by atoms with Crippen LogP contribution in [0.5, 0.6) is 5.75 Å². The molecule has 0 saturated carbocycles. The van der Waals surface area contributed by atoms with Gasteiger partial charge in [-0.3, -0.25) is 9.59 Å². The molecule has 3 N–H and O–H groups in total. The summed E-state index contributed by atoms with van der Waals surface area (Å²) in [4.78, 5) is 33.4. The Morgan fingerprint density at radius 3 is 2.29 bits per heavy atom. The molecule has 0 aliphatic rings. The fourth-order valence-electron chi connectivity index (χ4n) is 3.34. The van der Waals surface area contributed by atoms with Crippen molar-refractivity contribution in [3.8, 4) is 11.4 Å². The maximum Gasteiger partial charge on any atom is 0.278 e. The number of benzene rings is 2. The van der Waals surface area contributed by atoms with Gasteiger partial charge in [0.25, 0.3) is 5.91 Å². The van der Waals surface area contributed by atoms with Crippen LogP contribution in [0.1, 0.15) is 37.9 Å². The summed E-state index contributed by atoms with van der Waals surface area (Å²) in [6.07, 6.45) is 0. The largest absolute Gasteiger partial charge is 0.497 e. The minimum Gasteiger partial charge on any atom is -0.497 e. The average molecular weight is 490 g/mol. The van der Waals surface area contributed by atoms with Crippen LogP contribution in [0.4, 0.5) is 5.69 Å². The second-order valence-corrected chi connectivity index (χ2v) is 8.55. The summed E-state index contributed by atoms with van der Waals surface area (Å²) in [5, 5.41) is 11.8. The molecule has 0 saturated heterocycles. The van der Waals surface area contributed by atoms with Crippen molar-refractivity contribution in [2.24, 2.45) is 5.73 Å². The highest BCUT2D eigenvalue weighted by molar-refractivity contribution is 7.98. The first-order valence-electron chi connectivity index (χ1n) is 10.6. The number of hydrogen-bond donors (Lipinski definition) is 2. The van der Waals surface area contributed by atoms with Gasteiger partial charge < -0.3 is 15.8 Å². The number of ether oxygens (including phenoxy) is 1. The predicted molar refractivity (Wildman–Crippen MR) is 132 cm³/mol. The summed E-state index contributed by atoms with van der Waals surface area (Å²) in [6.45, 7) is 3.81. The van der Waals surface area contributed by atoms with E-state index in [1.807, 2.05) is 32.0 Å². The van der Waals surface area contributed by atoms with E-state index in [-0.39, 0.29) is 5.69 Å². The zero-order valence-corrected chi connectivity index (χ0v) is 20.2. The highest BCUT2D eigenvalue weighted by atomic mass is 32.2. The molecule has 2 aromatic carbocycles. The summed E-state index contributed by atoms with van der Waals surface area (Å²) in [7, 11) is 1.59. The van der Waals surface area contributed by atoms with Crippen LogP contribution >= 0.6 is 11.8 Å². The van der Waals surface area contributed by atoms with Crippen LogP contribution in [0.15, 0.2) is 59.8 Å². The number of carbonyl (C=O) groups excluding carboxylic acids is 2. The van der Waals surface area contributed by atoms with Gasteiger partial charge in [-0.1, -0.05) is 17.0 Å². The van der Waals surface area contributed by atoms with Crippen LogP contribution in [0, 0.1) is 13.8 Å². The van der Waals surface area contributed by atoms with Gasteiger partial charge in [-0.25, -0.2) is 14.6 Å². The van der Waals surface area contributed by atoms with E-state index in [1.54, 1.807) is 48.2 Å². The maximum absolute atomic E-state index is 13.1. The quantitative estimate of drug-likeness (QED) is 0.284. The van der Waals surface area contributed by atoms with E-state index in [0.29, 0.717) is 33.6 Å². The first kappa shape index (κ1) is 23.9. The Kier molecular flexibility index (Phi) is 7.06. The number of aryl methyl sites for hydroxylation is 2. The first-order valence-corrected chi connectivity index (χ1v) is 11.6. The second kappa shape index (κ2) is 10.3. The van der Waals surface area contributed by atoms with Crippen molar-refractivity contribution in [1.29, 1.82) is 0 Å².